The predicted octanol–water partition coefficient (Wildman–Crippen LogP) is 5.52. The lowest BCUT2D eigenvalue weighted by atomic mass is 9.99. The first-order valence-corrected chi connectivity index (χ1v) is 10.3. The first kappa shape index (κ1) is 21.9. The molecule has 0 bridgehead atoms. The number of nitrogens with one attached hydrogen (secondary N) is 1. The van der Waals surface area contributed by atoms with E-state index in [1.807, 2.05) is 25.2 Å². The van der Waals surface area contributed by atoms with Gasteiger partial charge in [0.25, 0.3) is 5.91 Å². The summed E-state index contributed by atoms with van der Waals surface area (Å²) in [5.41, 5.74) is 2.58. The summed E-state index contributed by atoms with van der Waals surface area (Å²) in [6.07, 6.45) is -3.72. The van der Waals surface area contributed by atoms with Gasteiger partial charge in [-0.25, -0.2) is 0 Å². The minimum absolute atomic E-state index is 0.000957. The average molecular weight is 440 g/mol. The third-order valence-corrected chi connectivity index (χ3v) is 5.45. The highest BCUT2D eigenvalue weighted by molar-refractivity contribution is 6.04. The van der Waals surface area contributed by atoms with Gasteiger partial charge in [0.05, 0.1) is 5.56 Å². The number of rotatable bonds is 5. The van der Waals surface area contributed by atoms with Crippen LogP contribution in [0.2, 0.25) is 0 Å². The van der Waals surface area contributed by atoms with Crippen LogP contribution in [-0.4, -0.2) is 24.4 Å². The SMILES string of the molecule is CN1CCc2ccc(NC(=O)c3ccc(OCc4ccccc4)c(C(F)(F)F)c3)cc2C1. The summed E-state index contributed by atoms with van der Waals surface area (Å²) in [5, 5.41) is 2.71. The minimum Gasteiger partial charge on any atom is -0.488 e. The normalized spacial score (nSPS) is 14.0. The van der Waals surface area contributed by atoms with Gasteiger partial charge in [0, 0.05) is 24.3 Å². The first-order valence-electron chi connectivity index (χ1n) is 10.3. The van der Waals surface area contributed by atoms with E-state index < -0.39 is 17.6 Å². The van der Waals surface area contributed by atoms with Crippen molar-refractivity contribution < 1.29 is 22.7 Å². The van der Waals surface area contributed by atoms with Gasteiger partial charge in [0.15, 0.2) is 0 Å². The Morgan fingerprint density at radius 1 is 1.03 bits per heavy atom. The van der Waals surface area contributed by atoms with Gasteiger partial charge >= 0.3 is 6.18 Å². The van der Waals surface area contributed by atoms with Crippen LogP contribution in [0, 0.1) is 0 Å². The Morgan fingerprint density at radius 3 is 2.56 bits per heavy atom. The molecule has 0 atom stereocenters. The van der Waals surface area contributed by atoms with Crippen molar-refractivity contribution in [3.05, 3.63) is 94.5 Å². The van der Waals surface area contributed by atoms with Crippen LogP contribution in [0.3, 0.4) is 0 Å². The Bertz CT molecular complexity index is 1110. The summed E-state index contributed by atoms with van der Waals surface area (Å²) in [6, 6.07) is 17.9. The maximum absolute atomic E-state index is 13.7. The summed E-state index contributed by atoms with van der Waals surface area (Å²) >= 11 is 0. The molecule has 0 aliphatic carbocycles. The Hall–Kier alpha value is -3.32. The Labute approximate surface area is 184 Å². The second-order valence-corrected chi connectivity index (χ2v) is 7.91. The highest BCUT2D eigenvalue weighted by Gasteiger charge is 2.35. The number of benzene rings is 3. The summed E-state index contributed by atoms with van der Waals surface area (Å²) in [4.78, 5) is 14.9. The van der Waals surface area contributed by atoms with Crippen molar-refractivity contribution in [2.75, 3.05) is 18.9 Å². The largest absolute Gasteiger partial charge is 0.488 e. The highest BCUT2D eigenvalue weighted by atomic mass is 19.4. The smallest absolute Gasteiger partial charge is 0.419 e. The van der Waals surface area contributed by atoms with Crippen LogP contribution < -0.4 is 10.1 Å². The number of anilines is 1. The zero-order valence-corrected chi connectivity index (χ0v) is 17.6. The maximum Gasteiger partial charge on any atom is 0.419 e. The van der Waals surface area contributed by atoms with Crippen molar-refractivity contribution in [1.82, 2.24) is 4.90 Å². The fourth-order valence-corrected chi connectivity index (χ4v) is 3.73. The number of carbonyl (C=O) groups excluding carboxylic acids is 1. The molecule has 0 saturated heterocycles. The third kappa shape index (κ3) is 5.11. The molecule has 4 nitrogen and oxygen atoms in total. The number of hydrogen-bond donors (Lipinski definition) is 1. The molecule has 1 aliphatic rings. The number of likely N-dealkylation sites (N-methyl/N-ethyl adjacent to an activating group) is 1. The van der Waals surface area contributed by atoms with Crippen molar-refractivity contribution in [3.8, 4) is 5.75 Å². The van der Waals surface area contributed by atoms with E-state index in [0.717, 1.165) is 36.7 Å². The zero-order chi connectivity index (χ0) is 22.7. The number of halogens is 3. The standard InChI is InChI=1S/C25H23F3N2O2/c1-30-12-11-18-7-9-21(13-20(18)15-30)29-24(31)19-8-10-23(22(14-19)25(26,27)28)32-16-17-5-3-2-4-6-17/h2-10,13-14H,11-12,15-16H2,1H3,(H,29,31). The number of amides is 1. The molecular formula is C25H23F3N2O2. The molecule has 1 amide bonds. The fraction of sp³-hybridized carbons (Fsp3) is 0.240. The van der Waals surface area contributed by atoms with Gasteiger partial charge < -0.3 is 15.0 Å². The van der Waals surface area contributed by atoms with Crippen molar-refractivity contribution in [3.63, 3.8) is 0 Å². The van der Waals surface area contributed by atoms with Gasteiger partial charge in [-0.15, -0.1) is 0 Å². The second-order valence-electron chi connectivity index (χ2n) is 7.91. The van der Waals surface area contributed by atoms with Crippen LogP contribution in [0.5, 0.6) is 5.75 Å². The van der Waals surface area contributed by atoms with Gasteiger partial charge in [0.2, 0.25) is 0 Å². The van der Waals surface area contributed by atoms with Gasteiger partial charge in [-0.3, -0.25) is 4.79 Å². The molecule has 0 radical (unpaired) electrons. The van der Waals surface area contributed by atoms with Crippen LogP contribution in [0.25, 0.3) is 0 Å². The molecule has 4 rings (SSSR count). The molecule has 3 aromatic rings. The molecule has 0 fully saturated rings. The molecule has 32 heavy (non-hydrogen) atoms. The van der Waals surface area contributed by atoms with Crippen molar-refractivity contribution >= 4 is 11.6 Å². The van der Waals surface area contributed by atoms with Crippen LogP contribution in [-0.2, 0) is 25.7 Å². The predicted molar refractivity (Wildman–Crippen MR) is 117 cm³/mol. The number of fused-ring (bicyclic) bond motifs is 1. The van der Waals surface area contributed by atoms with Crippen molar-refractivity contribution in [2.45, 2.75) is 25.7 Å². The van der Waals surface area contributed by atoms with Crippen LogP contribution >= 0.6 is 0 Å². The van der Waals surface area contributed by atoms with Gasteiger partial charge in [-0.2, -0.15) is 13.2 Å². The molecule has 0 spiro atoms. The fourth-order valence-electron chi connectivity index (χ4n) is 3.73. The second kappa shape index (κ2) is 9.04. The lowest BCUT2D eigenvalue weighted by molar-refractivity contribution is -0.139. The Balaban J connectivity index is 1.53. The number of ether oxygens (including phenoxy) is 1. The monoisotopic (exact) mass is 440 g/mol. The third-order valence-electron chi connectivity index (χ3n) is 5.45. The molecule has 0 aromatic heterocycles. The quantitative estimate of drug-likeness (QED) is 0.568. The molecule has 1 aliphatic heterocycles. The molecule has 3 aromatic carbocycles. The average Bonchev–Trinajstić information content (AvgIpc) is 2.77. The Morgan fingerprint density at radius 2 is 1.81 bits per heavy atom. The van der Waals surface area contributed by atoms with E-state index in [4.69, 9.17) is 4.74 Å². The van der Waals surface area contributed by atoms with Crippen LogP contribution in [0.15, 0.2) is 66.7 Å². The van der Waals surface area contributed by atoms with Crippen molar-refractivity contribution in [1.29, 1.82) is 0 Å². The lowest BCUT2D eigenvalue weighted by Gasteiger charge is -2.25. The molecule has 0 saturated carbocycles. The number of alkyl halides is 3. The van der Waals surface area contributed by atoms with E-state index >= 15 is 0 Å². The highest BCUT2D eigenvalue weighted by Crippen LogP contribution is 2.37. The van der Waals surface area contributed by atoms with Crippen LogP contribution in [0.4, 0.5) is 18.9 Å². The first-order chi connectivity index (χ1) is 15.3. The summed E-state index contributed by atoms with van der Waals surface area (Å²) in [7, 11) is 2.02. The van der Waals surface area contributed by atoms with Gasteiger partial charge in [0.1, 0.15) is 12.4 Å². The minimum atomic E-state index is -4.65. The summed E-state index contributed by atoms with van der Waals surface area (Å²) < 4.78 is 46.4. The number of nitrogens with zero attached hydrogens (tertiary/aromatic N) is 1. The van der Waals surface area contributed by atoms with Gasteiger partial charge in [-0.1, -0.05) is 36.4 Å². The molecule has 1 N–H and O–H groups in total. The maximum atomic E-state index is 13.7. The van der Waals surface area contributed by atoms with Crippen LogP contribution in [0.1, 0.15) is 32.6 Å². The number of hydrogen-bond acceptors (Lipinski definition) is 3. The van der Waals surface area contributed by atoms with E-state index in [2.05, 4.69) is 10.2 Å². The lowest BCUT2D eigenvalue weighted by Crippen LogP contribution is -2.26. The topological polar surface area (TPSA) is 41.6 Å². The zero-order valence-electron chi connectivity index (χ0n) is 17.6. The molecule has 0 unspecified atom stereocenters. The Kier molecular flexibility index (Phi) is 6.19. The molecular weight excluding hydrogens is 417 g/mol. The van der Waals surface area contributed by atoms with E-state index in [1.165, 1.54) is 17.7 Å². The van der Waals surface area contributed by atoms with E-state index in [-0.39, 0.29) is 17.9 Å². The number of carbonyl (C=O) groups is 1. The molecule has 1 heterocycles. The summed E-state index contributed by atoms with van der Waals surface area (Å²) in [6.45, 7) is 1.74. The van der Waals surface area contributed by atoms with E-state index in [1.54, 1.807) is 30.3 Å². The molecule has 166 valence electrons. The van der Waals surface area contributed by atoms with Crippen molar-refractivity contribution in [2.24, 2.45) is 0 Å². The van der Waals surface area contributed by atoms with E-state index in [9.17, 15) is 18.0 Å². The summed E-state index contributed by atoms with van der Waals surface area (Å²) in [5.74, 6) is -0.913. The van der Waals surface area contributed by atoms with Gasteiger partial charge in [-0.05, 0) is 60.5 Å². The molecule has 7 heteroatoms. The van der Waals surface area contributed by atoms with E-state index in [0.29, 0.717) is 5.69 Å².